The molecule has 0 N–H and O–H groups in total. The molecule has 4 rings (SSSR count). The Morgan fingerprint density at radius 3 is 2.76 bits per heavy atom. The van der Waals surface area contributed by atoms with Gasteiger partial charge in [-0.05, 0) is 53.5 Å². The molecule has 0 spiro atoms. The number of methoxy groups -OCH3 is 3. The molecule has 0 radical (unpaired) electrons. The lowest BCUT2D eigenvalue weighted by molar-refractivity contribution is -0.0968. The molecule has 1 saturated carbocycles. The topological polar surface area (TPSA) is 27.7 Å². The maximum atomic E-state index is 5.89. The molecule has 0 aromatic heterocycles. The summed E-state index contributed by atoms with van der Waals surface area (Å²) < 4.78 is 17.2. The summed E-state index contributed by atoms with van der Waals surface area (Å²) in [5, 5.41) is 2.55. The van der Waals surface area contributed by atoms with Gasteiger partial charge in [-0.15, -0.1) is 0 Å². The summed E-state index contributed by atoms with van der Waals surface area (Å²) in [6, 6.07) is 10.8. The van der Waals surface area contributed by atoms with Crippen molar-refractivity contribution in [1.29, 1.82) is 0 Å². The lowest BCUT2D eigenvalue weighted by Crippen LogP contribution is -2.44. The zero-order valence-corrected chi connectivity index (χ0v) is 15.2. The summed E-state index contributed by atoms with van der Waals surface area (Å²) in [7, 11) is 5.35. The molecule has 2 aromatic carbocycles. The van der Waals surface area contributed by atoms with Crippen molar-refractivity contribution in [2.45, 2.75) is 30.8 Å². The monoisotopic (exact) mass is 338 g/mol. The van der Waals surface area contributed by atoms with Crippen LogP contribution in [0, 0.1) is 5.92 Å². The first-order valence-corrected chi connectivity index (χ1v) is 9.03. The van der Waals surface area contributed by atoms with Crippen molar-refractivity contribution in [3.63, 3.8) is 0 Å². The third-order valence-electron chi connectivity index (χ3n) is 6.07. The van der Waals surface area contributed by atoms with Gasteiger partial charge in [-0.3, -0.25) is 0 Å². The van der Waals surface area contributed by atoms with Gasteiger partial charge in [-0.25, -0.2) is 0 Å². The van der Waals surface area contributed by atoms with Crippen LogP contribution in [0.3, 0.4) is 0 Å². The smallest absolute Gasteiger partial charge is 0.123 e. The second kappa shape index (κ2) is 6.47. The third kappa shape index (κ3) is 2.66. The zero-order chi connectivity index (χ0) is 17.4. The number of fused-ring (bicyclic) bond motifs is 5. The van der Waals surface area contributed by atoms with Gasteiger partial charge in [0, 0.05) is 19.8 Å². The Morgan fingerprint density at radius 1 is 1.16 bits per heavy atom. The Morgan fingerprint density at radius 2 is 2.00 bits per heavy atom. The molecule has 2 aliphatic carbocycles. The van der Waals surface area contributed by atoms with E-state index in [0.717, 1.165) is 25.0 Å². The molecule has 3 nitrogen and oxygen atoms in total. The van der Waals surface area contributed by atoms with Crippen molar-refractivity contribution in [3.8, 4) is 5.75 Å². The van der Waals surface area contributed by atoms with Crippen LogP contribution in [0.5, 0.6) is 5.75 Å². The highest BCUT2D eigenvalue weighted by molar-refractivity contribution is 5.94. The molecule has 0 bridgehead atoms. The molecule has 0 aliphatic heterocycles. The van der Waals surface area contributed by atoms with Crippen molar-refractivity contribution < 1.29 is 14.2 Å². The summed E-state index contributed by atoms with van der Waals surface area (Å²) in [6.07, 6.45) is 7.77. The first kappa shape index (κ1) is 16.6. The van der Waals surface area contributed by atoms with Crippen molar-refractivity contribution in [1.82, 2.24) is 0 Å². The van der Waals surface area contributed by atoms with Crippen LogP contribution in [0.1, 0.15) is 36.3 Å². The van der Waals surface area contributed by atoms with E-state index in [1.165, 1.54) is 21.9 Å². The van der Waals surface area contributed by atoms with Crippen LogP contribution in [0.25, 0.3) is 16.8 Å². The molecule has 25 heavy (non-hydrogen) atoms. The Hall–Kier alpha value is -1.84. The molecule has 2 aromatic rings. The minimum atomic E-state index is -0.165. The van der Waals surface area contributed by atoms with Crippen molar-refractivity contribution in [3.05, 3.63) is 47.5 Å². The van der Waals surface area contributed by atoms with Gasteiger partial charge >= 0.3 is 0 Å². The molecule has 0 saturated heterocycles. The highest BCUT2D eigenvalue weighted by Crippen LogP contribution is 2.51. The van der Waals surface area contributed by atoms with Crippen LogP contribution in [0.2, 0.25) is 0 Å². The van der Waals surface area contributed by atoms with E-state index >= 15 is 0 Å². The van der Waals surface area contributed by atoms with Crippen LogP contribution in [0.15, 0.2) is 36.4 Å². The van der Waals surface area contributed by atoms with E-state index < -0.39 is 0 Å². The SMILES string of the molecule is COCC1(OC)CCC2c3c(OC)cc4ccccc4c3C=CC2C1. The largest absolute Gasteiger partial charge is 0.496 e. The Balaban J connectivity index is 1.80. The second-order valence-electron chi connectivity index (χ2n) is 7.32. The molecule has 3 atom stereocenters. The minimum Gasteiger partial charge on any atom is -0.496 e. The fourth-order valence-electron chi connectivity index (χ4n) is 4.82. The quantitative estimate of drug-likeness (QED) is 0.802. The first-order chi connectivity index (χ1) is 12.2. The normalized spacial score (nSPS) is 27.8. The highest BCUT2D eigenvalue weighted by Gasteiger charge is 2.43. The molecule has 3 unspecified atom stereocenters. The number of ether oxygens (including phenoxy) is 3. The number of hydrogen-bond donors (Lipinski definition) is 0. The predicted octanol–water partition coefficient (Wildman–Crippen LogP) is 4.79. The van der Waals surface area contributed by atoms with Gasteiger partial charge in [0.15, 0.2) is 0 Å². The Kier molecular flexibility index (Phi) is 4.30. The maximum Gasteiger partial charge on any atom is 0.123 e. The number of allylic oxidation sites excluding steroid dienone is 1. The van der Waals surface area contributed by atoms with Crippen LogP contribution >= 0.6 is 0 Å². The lowest BCUT2D eigenvalue weighted by Gasteiger charge is -2.44. The van der Waals surface area contributed by atoms with E-state index in [0.29, 0.717) is 18.4 Å². The average Bonchev–Trinajstić information content (AvgIpc) is 2.66. The Bertz CT molecular complexity index is 810. The highest BCUT2D eigenvalue weighted by atomic mass is 16.5. The van der Waals surface area contributed by atoms with E-state index in [2.05, 4.69) is 42.5 Å². The molecular formula is C22H26O3. The van der Waals surface area contributed by atoms with Gasteiger partial charge in [0.25, 0.3) is 0 Å². The molecule has 1 fully saturated rings. The predicted molar refractivity (Wildman–Crippen MR) is 101 cm³/mol. The first-order valence-electron chi connectivity index (χ1n) is 9.03. The lowest BCUT2D eigenvalue weighted by atomic mass is 9.65. The van der Waals surface area contributed by atoms with E-state index in [9.17, 15) is 0 Å². The minimum absolute atomic E-state index is 0.165. The van der Waals surface area contributed by atoms with Gasteiger partial charge in [0.1, 0.15) is 5.75 Å². The van der Waals surface area contributed by atoms with Gasteiger partial charge in [0.2, 0.25) is 0 Å². The van der Waals surface area contributed by atoms with E-state index in [1.807, 2.05) is 7.11 Å². The van der Waals surface area contributed by atoms with Gasteiger partial charge < -0.3 is 14.2 Å². The summed E-state index contributed by atoms with van der Waals surface area (Å²) in [6.45, 7) is 0.655. The summed E-state index contributed by atoms with van der Waals surface area (Å²) in [5.41, 5.74) is 2.53. The second-order valence-corrected chi connectivity index (χ2v) is 7.32. The standard InChI is InChI=1S/C22H26O3/c1-23-14-22(25-3)11-10-18-16(13-22)8-9-19-17-7-5-4-6-15(17)12-20(24-2)21(18)19/h4-9,12,16,18H,10-11,13-14H2,1-3H3. The molecule has 2 aliphatic rings. The molecular weight excluding hydrogens is 312 g/mol. The van der Waals surface area contributed by atoms with Gasteiger partial charge in [-0.1, -0.05) is 36.4 Å². The van der Waals surface area contributed by atoms with Crippen LogP contribution < -0.4 is 4.74 Å². The number of benzene rings is 2. The number of rotatable bonds is 4. The fourth-order valence-corrected chi connectivity index (χ4v) is 4.82. The van der Waals surface area contributed by atoms with Crippen LogP contribution in [-0.2, 0) is 9.47 Å². The Labute approximate surface area is 149 Å². The summed E-state index contributed by atoms with van der Waals surface area (Å²) in [4.78, 5) is 0. The van der Waals surface area contributed by atoms with Gasteiger partial charge in [-0.2, -0.15) is 0 Å². The van der Waals surface area contributed by atoms with E-state index in [1.54, 1.807) is 14.2 Å². The molecule has 132 valence electrons. The summed E-state index contributed by atoms with van der Waals surface area (Å²) >= 11 is 0. The van der Waals surface area contributed by atoms with Crippen molar-refractivity contribution in [2.24, 2.45) is 5.92 Å². The maximum absolute atomic E-state index is 5.89. The summed E-state index contributed by atoms with van der Waals surface area (Å²) in [5.74, 6) is 1.97. The molecule has 0 amide bonds. The molecule has 0 heterocycles. The number of hydrogen-bond acceptors (Lipinski definition) is 3. The molecule has 3 heteroatoms. The van der Waals surface area contributed by atoms with Crippen molar-refractivity contribution >= 4 is 16.8 Å². The third-order valence-corrected chi connectivity index (χ3v) is 6.07. The average molecular weight is 338 g/mol. The van der Waals surface area contributed by atoms with E-state index in [4.69, 9.17) is 14.2 Å². The van der Waals surface area contributed by atoms with E-state index in [-0.39, 0.29) is 5.60 Å². The van der Waals surface area contributed by atoms with Gasteiger partial charge in [0.05, 0.1) is 19.3 Å². The van der Waals surface area contributed by atoms with Crippen LogP contribution in [0.4, 0.5) is 0 Å². The van der Waals surface area contributed by atoms with Crippen molar-refractivity contribution in [2.75, 3.05) is 27.9 Å². The van der Waals surface area contributed by atoms with Crippen LogP contribution in [-0.4, -0.2) is 33.5 Å². The fraction of sp³-hybridized carbons (Fsp3) is 0.455. The zero-order valence-electron chi connectivity index (χ0n) is 15.2.